The summed E-state index contributed by atoms with van der Waals surface area (Å²) >= 11 is 0. The van der Waals surface area contributed by atoms with E-state index in [1.165, 1.54) is 0 Å². The predicted molar refractivity (Wildman–Crippen MR) is 47.0 cm³/mol. The average Bonchev–Trinajstić information content (AvgIpc) is 2.53. The zero-order chi connectivity index (χ0) is 10.2. The van der Waals surface area contributed by atoms with E-state index < -0.39 is 12.1 Å². The fourth-order valence-corrected chi connectivity index (χ4v) is 1.52. The van der Waals surface area contributed by atoms with Crippen LogP contribution in [0.4, 0.5) is 0 Å². The summed E-state index contributed by atoms with van der Waals surface area (Å²) in [4.78, 5) is 2.64. The van der Waals surface area contributed by atoms with Crippen LogP contribution in [-0.2, 0) is 14.2 Å². The van der Waals surface area contributed by atoms with Crippen molar-refractivity contribution in [2.45, 2.75) is 32.0 Å². The maximum Gasteiger partial charge on any atom is 0.232 e. The quantitative estimate of drug-likeness (QED) is 0.384. The van der Waals surface area contributed by atoms with E-state index in [1.807, 2.05) is 13.8 Å². The number of fused-ring (bicyclic) bond motifs is 1. The van der Waals surface area contributed by atoms with Crippen LogP contribution in [0.3, 0.4) is 0 Å². The molecule has 0 saturated carbocycles. The molecule has 6 nitrogen and oxygen atoms in total. The van der Waals surface area contributed by atoms with Gasteiger partial charge in [0.25, 0.3) is 0 Å². The fourth-order valence-electron chi connectivity index (χ4n) is 1.52. The molecule has 0 aromatic rings. The number of rotatable bonds is 2. The average molecular weight is 197 g/mol. The summed E-state index contributed by atoms with van der Waals surface area (Å²) in [5, 5.41) is 3.39. The third kappa shape index (κ3) is 1.68. The predicted octanol–water partition coefficient (Wildman–Crippen LogP) is 1.69. The van der Waals surface area contributed by atoms with Gasteiger partial charge in [-0.1, -0.05) is 5.11 Å². The third-order valence-electron chi connectivity index (χ3n) is 2.00. The van der Waals surface area contributed by atoms with Crippen LogP contribution < -0.4 is 0 Å². The van der Waals surface area contributed by atoms with Crippen molar-refractivity contribution in [1.82, 2.24) is 0 Å². The number of azide groups is 1. The lowest BCUT2D eigenvalue weighted by molar-refractivity contribution is -0.181. The summed E-state index contributed by atoms with van der Waals surface area (Å²) in [6.45, 7) is 3.86. The van der Waals surface area contributed by atoms with Gasteiger partial charge in [0.05, 0.1) is 6.54 Å². The van der Waals surface area contributed by atoms with Crippen LogP contribution in [0.1, 0.15) is 13.8 Å². The third-order valence-corrected chi connectivity index (χ3v) is 2.00. The second kappa shape index (κ2) is 3.16. The van der Waals surface area contributed by atoms with E-state index >= 15 is 0 Å². The molecule has 76 valence electrons. The Hall–Kier alpha value is -1.23. The van der Waals surface area contributed by atoms with E-state index in [-0.39, 0.29) is 12.6 Å². The smallest absolute Gasteiger partial charge is 0.232 e. The molecule has 0 aromatic heterocycles. The van der Waals surface area contributed by atoms with E-state index in [4.69, 9.17) is 19.7 Å². The number of ether oxygens (including phenoxy) is 3. The molecule has 14 heavy (non-hydrogen) atoms. The Morgan fingerprint density at radius 1 is 1.57 bits per heavy atom. The second-order valence-electron chi connectivity index (χ2n) is 3.61. The zero-order valence-electron chi connectivity index (χ0n) is 8.01. The molecule has 2 atom stereocenters. The molecule has 0 amide bonds. The topological polar surface area (TPSA) is 76.5 Å². The zero-order valence-corrected chi connectivity index (χ0v) is 8.01. The summed E-state index contributed by atoms with van der Waals surface area (Å²) in [6, 6.07) is 0. The van der Waals surface area contributed by atoms with E-state index in [0.717, 1.165) is 0 Å². The van der Waals surface area contributed by atoms with Gasteiger partial charge in [0.15, 0.2) is 5.79 Å². The first kappa shape index (κ1) is 9.33. The van der Waals surface area contributed by atoms with Gasteiger partial charge in [-0.05, 0) is 25.5 Å². The first-order valence-corrected chi connectivity index (χ1v) is 4.34. The molecule has 0 bridgehead atoms. The van der Waals surface area contributed by atoms with Crippen molar-refractivity contribution >= 4 is 0 Å². The maximum absolute atomic E-state index is 8.13. The van der Waals surface area contributed by atoms with Crippen LogP contribution in [0.25, 0.3) is 10.4 Å². The minimum Gasteiger partial charge on any atom is -0.466 e. The monoisotopic (exact) mass is 197 g/mol. The number of hydrogen-bond donors (Lipinski definition) is 0. The first-order chi connectivity index (χ1) is 6.61. The Morgan fingerprint density at radius 2 is 2.36 bits per heavy atom. The summed E-state index contributed by atoms with van der Waals surface area (Å²) < 4.78 is 16.3. The Morgan fingerprint density at radius 3 is 3.00 bits per heavy atom. The first-order valence-electron chi connectivity index (χ1n) is 4.34. The highest BCUT2D eigenvalue weighted by atomic mass is 16.8. The molecule has 2 aliphatic heterocycles. The summed E-state index contributed by atoms with van der Waals surface area (Å²) in [7, 11) is 0. The highest BCUT2D eigenvalue weighted by Crippen LogP contribution is 2.35. The van der Waals surface area contributed by atoms with E-state index in [2.05, 4.69) is 10.0 Å². The van der Waals surface area contributed by atoms with Gasteiger partial charge in [-0.3, -0.25) is 0 Å². The van der Waals surface area contributed by atoms with Gasteiger partial charge in [0, 0.05) is 4.91 Å². The number of hydrogen-bond acceptors (Lipinski definition) is 4. The lowest BCUT2D eigenvalue weighted by Crippen LogP contribution is -2.22. The Labute approximate surface area is 81.1 Å². The lowest BCUT2D eigenvalue weighted by Gasteiger charge is -2.17. The minimum absolute atomic E-state index is 0.186. The molecule has 2 unspecified atom stereocenters. The maximum atomic E-state index is 8.13. The highest BCUT2D eigenvalue weighted by molar-refractivity contribution is 5.09. The van der Waals surface area contributed by atoms with Gasteiger partial charge in [-0.15, -0.1) is 0 Å². The Balaban J connectivity index is 2.01. The fraction of sp³-hybridized carbons (Fsp3) is 0.750. The molecule has 2 aliphatic rings. The van der Waals surface area contributed by atoms with Crippen molar-refractivity contribution in [2.24, 2.45) is 5.11 Å². The van der Waals surface area contributed by atoms with Crippen molar-refractivity contribution in [2.75, 3.05) is 6.54 Å². The normalized spacial score (nSPS) is 32.9. The SMILES string of the molecule is CC1(C)OC2C=C(CN=[N+]=[N-])OC2O1. The molecule has 0 radical (unpaired) electrons. The van der Waals surface area contributed by atoms with Crippen LogP contribution in [0.2, 0.25) is 0 Å². The summed E-state index contributed by atoms with van der Waals surface area (Å²) in [6.07, 6.45) is 1.21. The van der Waals surface area contributed by atoms with Gasteiger partial charge in [-0.2, -0.15) is 0 Å². The molecular formula is C8H11N3O3. The van der Waals surface area contributed by atoms with E-state index in [0.29, 0.717) is 5.76 Å². The van der Waals surface area contributed by atoms with E-state index in [1.54, 1.807) is 6.08 Å². The van der Waals surface area contributed by atoms with Gasteiger partial charge in [0.2, 0.25) is 6.29 Å². The standard InChI is InChI=1S/C8H11N3O3/c1-8(2)13-6-3-5(4-10-11-9)12-7(6)14-8/h3,6-7H,4H2,1-2H3. The molecule has 0 aliphatic carbocycles. The highest BCUT2D eigenvalue weighted by Gasteiger charge is 2.45. The molecule has 1 saturated heterocycles. The Kier molecular flexibility index (Phi) is 2.11. The van der Waals surface area contributed by atoms with Gasteiger partial charge >= 0.3 is 0 Å². The van der Waals surface area contributed by atoms with Gasteiger partial charge in [0.1, 0.15) is 11.9 Å². The van der Waals surface area contributed by atoms with Crippen LogP contribution in [-0.4, -0.2) is 24.7 Å². The molecule has 1 fully saturated rings. The van der Waals surface area contributed by atoms with Crippen LogP contribution in [0.5, 0.6) is 0 Å². The van der Waals surface area contributed by atoms with Crippen molar-refractivity contribution in [3.63, 3.8) is 0 Å². The van der Waals surface area contributed by atoms with Crippen molar-refractivity contribution in [3.8, 4) is 0 Å². The van der Waals surface area contributed by atoms with E-state index in [9.17, 15) is 0 Å². The lowest BCUT2D eigenvalue weighted by atomic mass is 10.3. The van der Waals surface area contributed by atoms with Crippen LogP contribution in [0.15, 0.2) is 16.9 Å². The molecule has 6 heteroatoms. The molecule has 2 heterocycles. The van der Waals surface area contributed by atoms with Gasteiger partial charge in [-0.25, -0.2) is 0 Å². The summed E-state index contributed by atoms with van der Waals surface area (Å²) in [5.74, 6) is 0.00358. The second-order valence-corrected chi connectivity index (χ2v) is 3.61. The largest absolute Gasteiger partial charge is 0.466 e. The van der Waals surface area contributed by atoms with Crippen molar-refractivity contribution in [3.05, 3.63) is 22.3 Å². The Bertz CT molecular complexity index is 320. The van der Waals surface area contributed by atoms with Crippen molar-refractivity contribution < 1.29 is 14.2 Å². The van der Waals surface area contributed by atoms with Crippen LogP contribution in [0, 0.1) is 0 Å². The minimum atomic E-state index is -0.601. The summed E-state index contributed by atoms with van der Waals surface area (Å²) in [5.41, 5.74) is 8.13. The number of nitrogens with zero attached hydrogens (tertiary/aromatic N) is 3. The van der Waals surface area contributed by atoms with Gasteiger partial charge < -0.3 is 14.2 Å². The molecular weight excluding hydrogens is 186 g/mol. The molecule has 0 aromatic carbocycles. The van der Waals surface area contributed by atoms with Crippen molar-refractivity contribution in [1.29, 1.82) is 0 Å². The molecule has 0 N–H and O–H groups in total. The van der Waals surface area contributed by atoms with Crippen LogP contribution >= 0.6 is 0 Å². The molecule has 0 spiro atoms. The molecule has 2 rings (SSSR count).